The maximum atomic E-state index is 11.3. The maximum absolute atomic E-state index is 11.3. The van der Waals surface area contributed by atoms with Crippen molar-refractivity contribution in [3.8, 4) is 0 Å². The molecule has 92 valence electrons. The summed E-state index contributed by atoms with van der Waals surface area (Å²) in [5, 5.41) is 11.5. The Morgan fingerprint density at radius 3 is 2.71 bits per heavy atom. The molecule has 0 bridgehead atoms. The molecule has 1 rings (SSSR count). The number of rotatable bonds is 4. The molecule has 17 heavy (non-hydrogen) atoms. The standard InChI is InChI=1S/C10H9Br2NO4/c1-17-10(14)7-3-2-6(8(12)5-11)4-9(7)13(15)16/h2-4,8H,5H2,1H3. The summed E-state index contributed by atoms with van der Waals surface area (Å²) in [5.74, 6) is -0.715. The van der Waals surface area contributed by atoms with Gasteiger partial charge < -0.3 is 4.74 Å². The highest BCUT2D eigenvalue weighted by molar-refractivity contribution is 9.12. The molecule has 7 heteroatoms. The van der Waals surface area contributed by atoms with E-state index in [1.54, 1.807) is 6.07 Å². The average molecular weight is 367 g/mol. The van der Waals surface area contributed by atoms with Crippen LogP contribution in [0.1, 0.15) is 20.7 Å². The number of halogens is 2. The molecular weight excluding hydrogens is 358 g/mol. The number of hydrogen-bond donors (Lipinski definition) is 0. The highest BCUT2D eigenvalue weighted by atomic mass is 79.9. The first-order valence-electron chi connectivity index (χ1n) is 4.58. The van der Waals surface area contributed by atoms with Crippen molar-refractivity contribution in [2.24, 2.45) is 0 Å². The monoisotopic (exact) mass is 365 g/mol. The number of carbonyl (C=O) groups is 1. The number of ether oxygens (including phenoxy) is 1. The van der Waals surface area contributed by atoms with Crippen LogP contribution in [-0.2, 0) is 4.74 Å². The quantitative estimate of drug-likeness (QED) is 0.355. The number of alkyl halides is 2. The molecule has 1 unspecified atom stereocenters. The second-order valence-corrected chi connectivity index (χ2v) is 4.90. The van der Waals surface area contributed by atoms with Crippen LogP contribution < -0.4 is 0 Å². The van der Waals surface area contributed by atoms with Gasteiger partial charge in [-0.2, -0.15) is 0 Å². The Kier molecular flexibility index (Phi) is 5.07. The summed E-state index contributed by atoms with van der Waals surface area (Å²) >= 11 is 6.63. The second kappa shape index (κ2) is 6.11. The molecule has 1 aromatic rings. The fourth-order valence-electron chi connectivity index (χ4n) is 1.27. The molecule has 0 aliphatic heterocycles. The van der Waals surface area contributed by atoms with Gasteiger partial charge in [0, 0.05) is 16.2 Å². The zero-order chi connectivity index (χ0) is 13.0. The van der Waals surface area contributed by atoms with Gasteiger partial charge in [-0.05, 0) is 11.6 Å². The van der Waals surface area contributed by atoms with Gasteiger partial charge in [0.25, 0.3) is 5.69 Å². The molecule has 0 N–H and O–H groups in total. The van der Waals surface area contributed by atoms with Crippen LogP contribution in [0.4, 0.5) is 5.69 Å². The zero-order valence-electron chi connectivity index (χ0n) is 8.85. The molecule has 1 atom stereocenters. The Morgan fingerprint density at radius 1 is 1.59 bits per heavy atom. The summed E-state index contributed by atoms with van der Waals surface area (Å²) in [4.78, 5) is 21.6. The molecule has 0 aliphatic rings. The maximum Gasteiger partial charge on any atom is 0.344 e. The first-order valence-corrected chi connectivity index (χ1v) is 6.61. The minimum absolute atomic E-state index is 0.0458. The van der Waals surface area contributed by atoms with E-state index < -0.39 is 10.9 Å². The van der Waals surface area contributed by atoms with E-state index in [0.29, 0.717) is 5.33 Å². The van der Waals surface area contributed by atoms with E-state index in [9.17, 15) is 14.9 Å². The fraction of sp³-hybridized carbons (Fsp3) is 0.300. The third kappa shape index (κ3) is 3.26. The van der Waals surface area contributed by atoms with Crippen molar-refractivity contribution in [1.82, 2.24) is 0 Å². The van der Waals surface area contributed by atoms with Crippen LogP contribution in [0.5, 0.6) is 0 Å². The number of hydrogen-bond acceptors (Lipinski definition) is 4. The molecule has 0 aliphatic carbocycles. The van der Waals surface area contributed by atoms with Gasteiger partial charge in [-0.1, -0.05) is 37.9 Å². The van der Waals surface area contributed by atoms with E-state index in [1.807, 2.05) is 0 Å². The topological polar surface area (TPSA) is 69.4 Å². The van der Waals surface area contributed by atoms with Gasteiger partial charge in [-0.15, -0.1) is 0 Å². The number of nitrogens with zero attached hydrogens (tertiary/aromatic N) is 1. The molecule has 0 saturated carbocycles. The third-order valence-electron chi connectivity index (χ3n) is 2.12. The van der Waals surface area contributed by atoms with E-state index in [4.69, 9.17) is 0 Å². The molecular formula is C10H9Br2NO4. The molecule has 5 nitrogen and oxygen atoms in total. The van der Waals surface area contributed by atoms with Crippen LogP contribution in [0.3, 0.4) is 0 Å². The predicted octanol–water partition coefficient (Wildman–Crippen LogP) is 3.21. The molecule has 0 fully saturated rings. The lowest BCUT2D eigenvalue weighted by Crippen LogP contribution is -2.06. The average Bonchev–Trinajstić information content (AvgIpc) is 2.35. The minimum Gasteiger partial charge on any atom is -0.465 e. The van der Waals surface area contributed by atoms with Crippen molar-refractivity contribution in [2.75, 3.05) is 12.4 Å². The molecule has 0 spiro atoms. The molecule has 0 heterocycles. The number of benzene rings is 1. The summed E-state index contributed by atoms with van der Waals surface area (Å²) in [6.45, 7) is 0. The lowest BCUT2D eigenvalue weighted by molar-refractivity contribution is -0.385. The van der Waals surface area contributed by atoms with Gasteiger partial charge >= 0.3 is 5.97 Å². The highest BCUT2D eigenvalue weighted by Gasteiger charge is 2.22. The minimum atomic E-state index is -0.715. The largest absolute Gasteiger partial charge is 0.465 e. The summed E-state index contributed by atoms with van der Waals surface area (Å²) < 4.78 is 4.49. The predicted molar refractivity (Wildman–Crippen MR) is 69.9 cm³/mol. The van der Waals surface area contributed by atoms with Gasteiger partial charge in [0.15, 0.2) is 0 Å². The summed E-state index contributed by atoms with van der Waals surface area (Å²) in [6, 6.07) is 4.42. The zero-order valence-corrected chi connectivity index (χ0v) is 12.0. The summed E-state index contributed by atoms with van der Waals surface area (Å²) in [5.41, 5.74) is 0.427. The third-order valence-corrected chi connectivity index (χ3v) is 4.49. The number of nitro benzene ring substituents is 1. The van der Waals surface area contributed by atoms with Crippen LogP contribution in [0, 0.1) is 10.1 Å². The number of nitro groups is 1. The van der Waals surface area contributed by atoms with Gasteiger partial charge in [0.1, 0.15) is 5.56 Å². The Balaban J connectivity index is 3.27. The van der Waals surface area contributed by atoms with Crippen molar-refractivity contribution >= 4 is 43.5 Å². The van der Waals surface area contributed by atoms with E-state index in [0.717, 1.165) is 5.56 Å². The Morgan fingerprint density at radius 2 is 2.24 bits per heavy atom. The molecule has 0 saturated heterocycles. The Bertz CT molecular complexity index is 450. The van der Waals surface area contributed by atoms with Crippen LogP contribution in [0.15, 0.2) is 18.2 Å². The fourth-order valence-corrected chi connectivity index (χ4v) is 1.92. The molecule has 0 radical (unpaired) electrons. The van der Waals surface area contributed by atoms with Crippen molar-refractivity contribution in [3.63, 3.8) is 0 Å². The van der Waals surface area contributed by atoms with Crippen LogP contribution in [0.25, 0.3) is 0 Å². The van der Waals surface area contributed by atoms with E-state index >= 15 is 0 Å². The van der Waals surface area contributed by atoms with E-state index in [2.05, 4.69) is 36.6 Å². The molecule has 0 aromatic heterocycles. The van der Waals surface area contributed by atoms with Crippen LogP contribution >= 0.6 is 31.9 Å². The normalized spacial score (nSPS) is 11.9. The Hall–Kier alpha value is -0.950. The number of methoxy groups -OCH3 is 1. The van der Waals surface area contributed by atoms with Crippen molar-refractivity contribution < 1.29 is 14.5 Å². The lowest BCUT2D eigenvalue weighted by Gasteiger charge is -2.07. The summed E-state index contributed by atoms with van der Waals surface area (Å²) in [6.07, 6.45) is 0. The first kappa shape index (κ1) is 14.1. The van der Waals surface area contributed by atoms with Gasteiger partial charge in [0.05, 0.1) is 12.0 Å². The summed E-state index contributed by atoms with van der Waals surface area (Å²) in [7, 11) is 1.19. The van der Waals surface area contributed by atoms with E-state index in [-0.39, 0.29) is 16.1 Å². The SMILES string of the molecule is COC(=O)c1ccc(C(Br)CBr)cc1[N+](=O)[O-]. The molecule has 0 amide bonds. The number of esters is 1. The molecule has 1 aromatic carbocycles. The van der Waals surface area contributed by atoms with Crippen LogP contribution in [0.2, 0.25) is 0 Å². The lowest BCUT2D eigenvalue weighted by atomic mass is 10.1. The van der Waals surface area contributed by atoms with Crippen molar-refractivity contribution in [1.29, 1.82) is 0 Å². The second-order valence-electron chi connectivity index (χ2n) is 3.15. The van der Waals surface area contributed by atoms with Gasteiger partial charge in [-0.25, -0.2) is 4.79 Å². The highest BCUT2D eigenvalue weighted by Crippen LogP contribution is 2.30. The van der Waals surface area contributed by atoms with E-state index in [1.165, 1.54) is 19.2 Å². The first-order chi connectivity index (χ1) is 8.01. The number of carbonyl (C=O) groups excluding carboxylic acids is 1. The van der Waals surface area contributed by atoms with Crippen molar-refractivity contribution in [3.05, 3.63) is 39.4 Å². The Labute approximate surface area is 115 Å². The van der Waals surface area contributed by atoms with Gasteiger partial charge in [-0.3, -0.25) is 10.1 Å². The van der Waals surface area contributed by atoms with Crippen LogP contribution in [-0.4, -0.2) is 23.3 Å². The van der Waals surface area contributed by atoms with Gasteiger partial charge in [0.2, 0.25) is 0 Å². The smallest absolute Gasteiger partial charge is 0.344 e. The van der Waals surface area contributed by atoms with Crippen molar-refractivity contribution in [2.45, 2.75) is 4.83 Å².